The Bertz CT molecular complexity index is 1430. The minimum atomic E-state index is -4.09. The number of nitro groups is 2. The number of methoxy groups -OCH3 is 1. The quantitative estimate of drug-likeness (QED) is 0.194. The van der Waals surface area contributed by atoms with Crippen LogP contribution in [0.25, 0.3) is 0 Å². The van der Waals surface area contributed by atoms with Gasteiger partial charge in [-0.2, -0.15) is 0 Å². The maximum absolute atomic E-state index is 13.1. The van der Waals surface area contributed by atoms with Crippen molar-refractivity contribution in [3.8, 4) is 5.75 Å². The third-order valence-corrected chi connectivity index (χ3v) is 7.01. The molecular formula is C23H22ClN5O8S. The molecule has 2 amide bonds. The number of rotatable bonds is 11. The third-order valence-electron chi connectivity index (χ3n) is 5.23. The van der Waals surface area contributed by atoms with E-state index in [1.54, 1.807) is 24.3 Å². The fourth-order valence-corrected chi connectivity index (χ4v) is 4.57. The number of non-ortho nitro benzene ring substituents is 1. The van der Waals surface area contributed by atoms with E-state index in [-0.39, 0.29) is 35.1 Å². The molecule has 3 aromatic carbocycles. The number of carbonyl (C=O) groups excluding carboxylic acids is 1. The number of nitrogens with zero attached hydrogens (tertiary/aromatic N) is 3. The molecule has 0 bridgehead atoms. The summed E-state index contributed by atoms with van der Waals surface area (Å²) in [6, 6.07) is 14.5. The molecule has 2 N–H and O–H groups in total. The van der Waals surface area contributed by atoms with Crippen LogP contribution >= 0.6 is 11.6 Å². The first kappa shape index (κ1) is 28.3. The molecule has 13 nitrogen and oxygen atoms in total. The first-order valence-electron chi connectivity index (χ1n) is 10.9. The van der Waals surface area contributed by atoms with Gasteiger partial charge >= 0.3 is 6.03 Å². The summed E-state index contributed by atoms with van der Waals surface area (Å²) >= 11 is 5.75. The molecule has 3 aromatic rings. The van der Waals surface area contributed by atoms with Gasteiger partial charge in [0.25, 0.3) is 11.4 Å². The van der Waals surface area contributed by atoms with Crippen molar-refractivity contribution in [3.63, 3.8) is 0 Å². The van der Waals surface area contributed by atoms with Crippen molar-refractivity contribution in [1.82, 2.24) is 4.72 Å². The number of benzene rings is 3. The average molecular weight is 564 g/mol. The van der Waals surface area contributed by atoms with Gasteiger partial charge in [-0.1, -0.05) is 11.6 Å². The summed E-state index contributed by atoms with van der Waals surface area (Å²) in [5, 5.41) is 24.4. The third kappa shape index (κ3) is 7.15. The fraction of sp³-hybridized carbons (Fsp3) is 0.174. The van der Waals surface area contributed by atoms with Crippen LogP contribution in [0.3, 0.4) is 0 Å². The van der Waals surface area contributed by atoms with Crippen molar-refractivity contribution in [1.29, 1.82) is 0 Å². The Labute approximate surface area is 222 Å². The second kappa shape index (κ2) is 12.3. The van der Waals surface area contributed by atoms with Gasteiger partial charge in [-0.3, -0.25) is 25.1 Å². The van der Waals surface area contributed by atoms with Gasteiger partial charge in [0.15, 0.2) is 0 Å². The van der Waals surface area contributed by atoms with Crippen molar-refractivity contribution in [2.45, 2.75) is 11.3 Å². The largest absolute Gasteiger partial charge is 0.497 e. The van der Waals surface area contributed by atoms with Crippen LogP contribution in [0.15, 0.2) is 71.6 Å². The molecule has 0 aliphatic carbocycles. The Morgan fingerprint density at radius 1 is 1.00 bits per heavy atom. The second-order valence-electron chi connectivity index (χ2n) is 7.71. The summed E-state index contributed by atoms with van der Waals surface area (Å²) < 4.78 is 32.7. The Morgan fingerprint density at radius 3 is 2.24 bits per heavy atom. The number of nitrogens with one attached hydrogen (secondary N) is 2. The van der Waals surface area contributed by atoms with E-state index >= 15 is 0 Å². The first-order chi connectivity index (χ1) is 18.0. The van der Waals surface area contributed by atoms with Crippen LogP contribution < -0.4 is 19.7 Å². The fourth-order valence-electron chi connectivity index (χ4n) is 3.29. The van der Waals surface area contributed by atoms with Crippen molar-refractivity contribution in [2.75, 3.05) is 30.4 Å². The summed E-state index contributed by atoms with van der Waals surface area (Å²) in [5.74, 6) is 0.564. The van der Waals surface area contributed by atoms with Gasteiger partial charge in [0.2, 0.25) is 10.0 Å². The Morgan fingerprint density at radius 2 is 1.66 bits per heavy atom. The maximum atomic E-state index is 13.1. The smallest absolute Gasteiger partial charge is 0.326 e. The molecule has 0 heterocycles. The van der Waals surface area contributed by atoms with E-state index in [1.165, 1.54) is 36.3 Å². The number of halogens is 1. The maximum Gasteiger partial charge on any atom is 0.326 e. The van der Waals surface area contributed by atoms with E-state index in [1.807, 2.05) is 0 Å². The van der Waals surface area contributed by atoms with Crippen LogP contribution in [0.2, 0.25) is 5.02 Å². The van der Waals surface area contributed by atoms with E-state index in [9.17, 15) is 33.4 Å². The van der Waals surface area contributed by atoms with E-state index < -0.39 is 31.6 Å². The molecule has 3 rings (SSSR count). The Hall–Kier alpha value is -4.27. The number of hydrogen-bond donors (Lipinski definition) is 2. The number of carbonyl (C=O) groups is 1. The summed E-state index contributed by atoms with van der Waals surface area (Å²) in [6.45, 7) is -0.00927. The lowest BCUT2D eigenvalue weighted by Crippen LogP contribution is -2.37. The predicted molar refractivity (Wildman–Crippen MR) is 140 cm³/mol. The summed E-state index contributed by atoms with van der Waals surface area (Å²) in [5.41, 5.74) is 0.141. The predicted octanol–water partition coefficient (Wildman–Crippen LogP) is 4.57. The number of nitro benzene ring substituents is 2. The molecular weight excluding hydrogens is 542 g/mol. The molecule has 0 spiro atoms. The number of ether oxygens (including phenoxy) is 1. The summed E-state index contributed by atoms with van der Waals surface area (Å²) in [6.07, 6.45) is 0.175. The monoisotopic (exact) mass is 563 g/mol. The molecule has 0 aliphatic rings. The van der Waals surface area contributed by atoms with E-state index in [4.69, 9.17) is 16.3 Å². The molecule has 0 aromatic heterocycles. The summed E-state index contributed by atoms with van der Waals surface area (Å²) in [4.78, 5) is 34.7. The van der Waals surface area contributed by atoms with Crippen LogP contribution in [0, 0.1) is 20.2 Å². The zero-order valence-electron chi connectivity index (χ0n) is 19.9. The minimum Gasteiger partial charge on any atom is -0.497 e. The van der Waals surface area contributed by atoms with E-state index in [0.717, 1.165) is 18.2 Å². The van der Waals surface area contributed by atoms with Gasteiger partial charge < -0.3 is 10.1 Å². The molecule has 0 unspecified atom stereocenters. The van der Waals surface area contributed by atoms with Gasteiger partial charge in [0, 0.05) is 42.7 Å². The lowest BCUT2D eigenvalue weighted by atomic mass is 10.2. The van der Waals surface area contributed by atoms with Crippen molar-refractivity contribution >= 4 is 50.4 Å². The highest BCUT2D eigenvalue weighted by atomic mass is 35.5. The first-order valence-corrected chi connectivity index (χ1v) is 12.8. The summed E-state index contributed by atoms with van der Waals surface area (Å²) in [7, 11) is -2.59. The minimum absolute atomic E-state index is 0.0778. The lowest BCUT2D eigenvalue weighted by molar-refractivity contribution is -0.385. The highest BCUT2D eigenvalue weighted by molar-refractivity contribution is 7.89. The molecule has 200 valence electrons. The number of sulfonamides is 1. The second-order valence-corrected chi connectivity index (χ2v) is 9.88. The van der Waals surface area contributed by atoms with Gasteiger partial charge in [-0.05, 0) is 55.0 Å². The number of urea groups is 1. The Balaban J connectivity index is 1.71. The van der Waals surface area contributed by atoms with Crippen LogP contribution in [0.5, 0.6) is 5.75 Å². The van der Waals surface area contributed by atoms with Crippen LogP contribution in [-0.4, -0.2) is 44.5 Å². The standard InChI is InChI=1S/C23H22ClN5O8S/c1-37-19-9-7-17(8-10-19)27(23(30)26-16-3-5-18(6-4-16)28(31)32)14-2-13-25-38(35,36)20-11-12-21(24)22(15-20)29(33)34/h3-12,15,25H,2,13-14H2,1H3,(H,26,30). The highest BCUT2D eigenvalue weighted by Gasteiger charge is 2.21. The van der Waals surface area contributed by atoms with Crippen LogP contribution in [0.4, 0.5) is 27.5 Å². The SMILES string of the molecule is COc1ccc(N(CCCNS(=O)(=O)c2ccc(Cl)c([N+](=O)[O-])c2)C(=O)Nc2ccc([N+](=O)[O-])cc2)cc1. The van der Waals surface area contributed by atoms with Crippen molar-refractivity contribution in [2.24, 2.45) is 0 Å². The molecule has 15 heteroatoms. The van der Waals surface area contributed by atoms with Gasteiger partial charge in [0.1, 0.15) is 10.8 Å². The van der Waals surface area contributed by atoms with Gasteiger partial charge in [0.05, 0.1) is 21.9 Å². The molecule has 38 heavy (non-hydrogen) atoms. The molecule has 0 fully saturated rings. The zero-order valence-corrected chi connectivity index (χ0v) is 21.4. The average Bonchev–Trinajstić information content (AvgIpc) is 2.89. The molecule has 0 saturated heterocycles. The number of amides is 2. The molecule has 0 radical (unpaired) electrons. The molecule has 0 saturated carbocycles. The van der Waals surface area contributed by atoms with E-state index in [0.29, 0.717) is 17.1 Å². The molecule has 0 aliphatic heterocycles. The van der Waals surface area contributed by atoms with Crippen molar-refractivity contribution < 1.29 is 27.8 Å². The number of anilines is 2. The van der Waals surface area contributed by atoms with E-state index in [2.05, 4.69) is 10.0 Å². The topological polar surface area (TPSA) is 174 Å². The highest BCUT2D eigenvalue weighted by Crippen LogP contribution is 2.27. The van der Waals surface area contributed by atoms with Gasteiger partial charge in [-0.25, -0.2) is 17.9 Å². The van der Waals surface area contributed by atoms with Crippen molar-refractivity contribution in [3.05, 3.63) is 92.0 Å². The molecule has 0 atom stereocenters. The zero-order chi connectivity index (χ0) is 27.9. The van der Waals surface area contributed by atoms with Crippen LogP contribution in [-0.2, 0) is 10.0 Å². The number of hydrogen-bond acceptors (Lipinski definition) is 8. The Kier molecular flexibility index (Phi) is 9.17. The normalized spacial score (nSPS) is 11.0. The van der Waals surface area contributed by atoms with Crippen LogP contribution in [0.1, 0.15) is 6.42 Å². The van der Waals surface area contributed by atoms with Gasteiger partial charge in [-0.15, -0.1) is 0 Å². The lowest BCUT2D eigenvalue weighted by Gasteiger charge is -2.23.